The number of amides is 3. The van der Waals surface area contributed by atoms with Crippen molar-refractivity contribution in [3.8, 4) is 5.75 Å². The van der Waals surface area contributed by atoms with E-state index in [4.69, 9.17) is 14.2 Å². The number of nitrogens with one attached hydrogen (secondary N) is 1. The van der Waals surface area contributed by atoms with Gasteiger partial charge in [0.15, 0.2) is 21.4 Å². The molecule has 0 saturated heterocycles. The Labute approximate surface area is 240 Å². The van der Waals surface area contributed by atoms with Crippen molar-refractivity contribution in [2.24, 2.45) is 0 Å². The summed E-state index contributed by atoms with van der Waals surface area (Å²) in [6, 6.07) is 11.3. The molecule has 220 valence electrons. The van der Waals surface area contributed by atoms with Crippen molar-refractivity contribution in [1.82, 2.24) is 4.90 Å². The van der Waals surface area contributed by atoms with E-state index in [2.05, 4.69) is 5.32 Å². The van der Waals surface area contributed by atoms with Gasteiger partial charge in [0, 0.05) is 43.6 Å². The van der Waals surface area contributed by atoms with Gasteiger partial charge in [-0.3, -0.25) is 28.9 Å². The van der Waals surface area contributed by atoms with Crippen LogP contribution in [0.25, 0.3) is 0 Å². The topological polar surface area (TPSA) is 180 Å². The average Bonchev–Trinajstić information content (AvgIpc) is 3.45. The molecule has 42 heavy (non-hydrogen) atoms. The second kappa shape index (κ2) is 12.8. The van der Waals surface area contributed by atoms with Crippen molar-refractivity contribution in [3.05, 3.63) is 66.2 Å². The molecule has 1 fully saturated rings. The zero-order chi connectivity index (χ0) is 30.4. The largest absolute Gasteiger partial charge is 0.510 e. The third-order valence-electron chi connectivity index (χ3n) is 6.45. The van der Waals surface area contributed by atoms with Gasteiger partial charge in [0.25, 0.3) is 11.8 Å². The number of hydrogen-bond acceptors (Lipinski definition) is 11. The molecule has 2 aromatic carbocycles. The van der Waals surface area contributed by atoms with Gasteiger partial charge in [-0.25, -0.2) is 13.2 Å². The van der Waals surface area contributed by atoms with Crippen LogP contribution in [-0.4, -0.2) is 74.3 Å². The zero-order valence-electron chi connectivity index (χ0n) is 22.3. The van der Waals surface area contributed by atoms with Gasteiger partial charge < -0.3 is 19.5 Å². The van der Waals surface area contributed by atoms with E-state index in [-0.39, 0.29) is 42.0 Å². The monoisotopic (exact) mass is 598 g/mol. The number of methoxy groups -OCH3 is 1. The van der Waals surface area contributed by atoms with E-state index in [1.807, 2.05) is 0 Å². The molecule has 0 bridgehead atoms. The summed E-state index contributed by atoms with van der Waals surface area (Å²) in [6.45, 7) is -0.146. The van der Waals surface area contributed by atoms with Crippen molar-refractivity contribution in [2.75, 3.05) is 24.7 Å². The van der Waals surface area contributed by atoms with Crippen LogP contribution in [0.5, 0.6) is 5.75 Å². The first-order valence-electron chi connectivity index (χ1n) is 12.7. The zero-order valence-corrected chi connectivity index (χ0v) is 23.1. The molecule has 4 rings (SSSR count). The van der Waals surface area contributed by atoms with E-state index in [0.717, 1.165) is 17.1 Å². The first kappa shape index (κ1) is 30.1. The summed E-state index contributed by atoms with van der Waals surface area (Å²) in [5, 5.41) is 2.59. The van der Waals surface area contributed by atoms with Crippen LogP contribution >= 0.6 is 0 Å². The van der Waals surface area contributed by atoms with Gasteiger partial charge in [-0.15, -0.1) is 0 Å². The normalized spacial score (nSPS) is 16.1. The third-order valence-corrected chi connectivity index (χ3v) is 8.18. The Kier molecular flexibility index (Phi) is 9.15. The van der Waals surface area contributed by atoms with Crippen LogP contribution in [0.3, 0.4) is 0 Å². The molecule has 0 aromatic heterocycles. The van der Waals surface area contributed by atoms with E-state index in [9.17, 15) is 37.2 Å². The molecule has 13 nitrogen and oxygen atoms in total. The van der Waals surface area contributed by atoms with Crippen molar-refractivity contribution < 1.29 is 51.4 Å². The molecule has 1 aliphatic carbocycles. The lowest BCUT2D eigenvalue weighted by atomic mass is 10.1. The quantitative estimate of drug-likeness (QED) is 0.227. The molecule has 1 N–H and O–H groups in total. The lowest BCUT2D eigenvalue weighted by Gasteiger charge is -2.20. The summed E-state index contributed by atoms with van der Waals surface area (Å²) in [7, 11) is -2.65. The number of hydrogen-bond donors (Lipinski definition) is 1. The number of anilines is 1. The standard InChI is InChI=1S/C28H26N2O11S/c1-39-19-5-7-20(8-6-19)42(37,38)16-23(40-28(36)41-27-21(31)9-10-22(27)32)17-3-2-4-18(15-17)29-24(33)13-14-30-25(34)11-12-26(30)35/h2-8,11-12,15,23,27H,9-10,13-14,16H2,1H3,(H,29,33). The maximum atomic E-state index is 13.3. The molecule has 0 radical (unpaired) electrons. The highest BCUT2D eigenvalue weighted by molar-refractivity contribution is 7.91. The van der Waals surface area contributed by atoms with E-state index in [1.165, 1.54) is 55.6 Å². The predicted octanol–water partition coefficient (Wildman–Crippen LogP) is 1.92. The summed E-state index contributed by atoms with van der Waals surface area (Å²) >= 11 is 0. The minimum Gasteiger partial charge on any atom is -0.497 e. The highest BCUT2D eigenvalue weighted by Gasteiger charge is 2.38. The number of ether oxygens (including phenoxy) is 3. The maximum Gasteiger partial charge on any atom is 0.510 e. The minimum atomic E-state index is -4.08. The number of Topliss-reactive ketones (excluding diaryl/α,β-unsaturated/α-hetero) is 2. The Balaban J connectivity index is 1.52. The van der Waals surface area contributed by atoms with Crippen LogP contribution in [-0.2, 0) is 43.3 Å². The molecular formula is C28H26N2O11S. The summed E-state index contributed by atoms with van der Waals surface area (Å²) in [5.41, 5.74) is 0.361. The molecule has 1 atom stereocenters. The second-order valence-corrected chi connectivity index (χ2v) is 11.4. The SMILES string of the molecule is COc1ccc(S(=O)(=O)CC(OC(=O)OC2C(=O)CCC2=O)c2cccc(NC(=O)CCN3C(=O)C=CC3=O)c2)cc1. The Hall–Kier alpha value is -4.85. The fourth-order valence-corrected chi connectivity index (χ4v) is 5.64. The molecule has 1 heterocycles. The van der Waals surface area contributed by atoms with Crippen LogP contribution in [0.2, 0.25) is 0 Å². The van der Waals surface area contributed by atoms with Crippen molar-refractivity contribution in [3.63, 3.8) is 0 Å². The lowest BCUT2D eigenvalue weighted by Crippen LogP contribution is -2.33. The summed E-state index contributed by atoms with van der Waals surface area (Å²) in [6.07, 6.45) is -2.66. The van der Waals surface area contributed by atoms with Crippen LogP contribution in [0.1, 0.15) is 30.9 Å². The predicted molar refractivity (Wildman–Crippen MR) is 144 cm³/mol. The molecule has 2 aromatic rings. The number of sulfone groups is 1. The number of ketones is 2. The molecule has 14 heteroatoms. The number of benzene rings is 2. The van der Waals surface area contributed by atoms with Gasteiger partial charge in [-0.05, 0) is 42.0 Å². The Morgan fingerprint density at radius 2 is 1.62 bits per heavy atom. The Morgan fingerprint density at radius 3 is 2.24 bits per heavy atom. The second-order valence-electron chi connectivity index (χ2n) is 9.33. The first-order valence-corrected chi connectivity index (χ1v) is 14.3. The number of imide groups is 1. The highest BCUT2D eigenvalue weighted by atomic mass is 32.2. The van der Waals surface area contributed by atoms with E-state index >= 15 is 0 Å². The maximum absolute atomic E-state index is 13.3. The molecular weight excluding hydrogens is 572 g/mol. The van der Waals surface area contributed by atoms with Gasteiger partial charge in [-0.2, -0.15) is 0 Å². The van der Waals surface area contributed by atoms with Crippen molar-refractivity contribution >= 4 is 51.0 Å². The molecule has 0 spiro atoms. The van der Waals surface area contributed by atoms with Crippen molar-refractivity contribution in [2.45, 2.75) is 36.4 Å². The summed E-state index contributed by atoms with van der Waals surface area (Å²) < 4.78 is 41.8. The summed E-state index contributed by atoms with van der Waals surface area (Å²) in [4.78, 5) is 73.2. The van der Waals surface area contributed by atoms with Gasteiger partial charge in [0.1, 0.15) is 11.9 Å². The number of carbonyl (C=O) groups is 6. The van der Waals surface area contributed by atoms with Crippen LogP contribution in [0.4, 0.5) is 10.5 Å². The number of carbonyl (C=O) groups excluding carboxylic acids is 6. The molecule has 2 aliphatic rings. The van der Waals surface area contributed by atoms with E-state index in [0.29, 0.717) is 5.75 Å². The average molecular weight is 599 g/mol. The Morgan fingerprint density at radius 1 is 0.976 bits per heavy atom. The first-order chi connectivity index (χ1) is 20.0. The Bertz CT molecular complexity index is 1530. The van der Waals surface area contributed by atoms with Crippen LogP contribution in [0, 0.1) is 0 Å². The highest BCUT2D eigenvalue weighted by Crippen LogP contribution is 2.28. The smallest absolute Gasteiger partial charge is 0.497 e. The van der Waals surface area contributed by atoms with Gasteiger partial charge in [0.2, 0.25) is 12.0 Å². The minimum absolute atomic E-state index is 0.0790. The molecule has 1 aliphatic heterocycles. The van der Waals surface area contributed by atoms with Crippen molar-refractivity contribution in [1.29, 1.82) is 0 Å². The molecule has 1 unspecified atom stereocenters. The lowest BCUT2D eigenvalue weighted by molar-refractivity contribution is -0.137. The molecule has 1 saturated carbocycles. The van der Waals surface area contributed by atoms with E-state index < -0.39 is 63.2 Å². The summed E-state index contributed by atoms with van der Waals surface area (Å²) in [5.74, 6) is -3.09. The van der Waals surface area contributed by atoms with Gasteiger partial charge in [-0.1, -0.05) is 12.1 Å². The van der Waals surface area contributed by atoms with Crippen LogP contribution in [0.15, 0.2) is 65.6 Å². The van der Waals surface area contributed by atoms with Crippen LogP contribution < -0.4 is 10.1 Å². The number of nitrogens with zero attached hydrogens (tertiary/aromatic N) is 1. The fourth-order valence-electron chi connectivity index (χ4n) is 4.24. The molecule has 3 amide bonds. The van der Waals surface area contributed by atoms with E-state index in [1.54, 1.807) is 0 Å². The van der Waals surface area contributed by atoms with Gasteiger partial charge >= 0.3 is 6.16 Å². The fraction of sp³-hybridized carbons (Fsp3) is 0.286. The van der Waals surface area contributed by atoms with Gasteiger partial charge in [0.05, 0.1) is 17.8 Å². The third kappa shape index (κ3) is 7.26. The number of rotatable bonds is 11.